The second-order valence-corrected chi connectivity index (χ2v) is 7.45. The minimum atomic E-state index is -4.37. The molecule has 2 aromatic rings. The van der Waals surface area contributed by atoms with Crippen LogP contribution in [0.4, 0.5) is 13.2 Å². The van der Waals surface area contributed by atoms with Gasteiger partial charge in [0, 0.05) is 6.20 Å². The predicted molar refractivity (Wildman–Crippen MR) is 80.7 cm³/mol. The van der Waals surface area contributed by atoms with Crippen molar-refractivity contribution in [1.82, 2.24) is 14.5 Å². The van der Waals surface area contributed by atoms with Crippen LogP contribution in [-0.2, 0) is 23.0 Å². The number of alkyl halides is 3. The molecule has 1 aromatic carbocycles. The number of hydrogen-bond donors (Lipinski definition) is 1. The van der Waals surface area contributed by atoms with E-state index in [4.69, 9.17) is 0 Å². The van der Waals surface area contributed by atoms with E-state index >= 15 is 0 Å². The molecule has 1 unspecified atom stereocenters. The molecule has 1 aliphatic carbocycles. The van der Waals surface area contributed by atoms with Gasteiger partial charge >= 0.3 is 6.18 Å². The number of rotatable bonds is 4. The largest absolute Gasteiger partial charge is 0.408 e. The van der Waals surface area contributed by atoms with E-state index in [2.05, 4.69) is 9.82 Å². The lowest BCUT2D eigenvalue weighted by Gasteiger charge is -2.22. The van der Waals surface area contributed by atoms with E-state index in [0.717, 1.165) is 4.68 Å². The number of nitrogens with one attached hydrogen (secondary N) is 1. The molecule has 0 aliphatic heterocycles. The van der Waals surface area contributed by atoms with Gasteiger partial charge in [0.2, 0.25) is 10.0 Å². The highest BCUT2D eigenvalue weighted by molar-refractivity contribution is 7.89. The maximum absolute atomic E-state index is 12.5. The highest BCUT2D eigenvalue weighted by atomic mass is 32.2. The summed E-state index contributed by atoms with van der Waals surface area (Å²) in [6.07, 6.45) is -1.23. The summed E-state index contributed by atoms with van der Waals surface area (Å²) in [5.74, 6) is 0. The number of sulfonamides is 1. The first-order valence-corrected chi connectivity index (χ1v) is 8.93. The number of nitrogens with zero attached hydrogens (tertiary/aromatic N) is 2. The van der Waals surface area contributed by atoms with Crippen molar-refractivity contribution in [2.24, 2.45) is 0 Å². The normalized spacial score (nSPS) is 18.4. The van der Waals surface area contributed by atoms with Crippen LogP contribution in [0.25, 0.3) is 0 Å². The van der Waals surface area contributed by atoms with E-state index in [1.54, 1.807) is 18.2 Å². The summed E-state index contributed by atoms with van der Waals surface area (Å²) in [5.41, 5.74) is 1.04. The van der Waals surface area contributed by atoms with Crippen molar-refractivity contribution in [3.8, 4) is 0 Å². The quantitative estimate of drug-likeness (QED) is 0.913. The van der Waals surface area contributed by atoms with Crippen LogP contribution in [0.3, 0.4) is 0 Å². The molecular formula is C15H16F3N3O2S. The molecule has 24 heavy (non-hydrogen) atoms. The maximum Gasteiger partial charge on any atom is 0.408 e. The fraction of sp³-hybridized carbons (Fsp3) is 0.400. The van der Waals surface area contributed by atoms with Crippen molar-refractivity contribution >= 4 is 10.0 Å². The summed E-state index contributed by atoms with van der Waals surface area (Å²) in [4.78, 5) is 0.117. The van der Waals surface area contributed by atoms with Gasteiger partial charge in [0.05, 0.1) is 16.6 Å². The Morgan fingerprint density at radius 2 is 1.96 bits per heavy atom. The Balaban J connectivity index is 1.85. The van der Waals surface area contributed by atoms with Crippen molar-refractivity contribution in [1.29, 1.82) is 0 Å². The van der Waals surface area contributed by atoms with E-state index < -0.39 is 28.8 Å². The van der Waals surface area contributed by atoms with Gasteiger partial charge in [-0.15, -0.1) is 0 Å². The maximum atomic E-state index is 12.5. The van der Waals surface area contributed by atoms with Crippen molar-refractivity contribution < 1.29 is 21.6 Å². The summed E-state index contributed by atoms with van der Waals surface area (Å²) >= 11 is 0. The Bertz CT molecular complexity index is 816. The third-order valence-corrected chi connectivity index (χ3v) is 5.32. The number of benzene rings is 1. The zero-order chi connectivity index (χ0) is 17.4. The third kappa shape index (κ3) is 3.78. The molecule has 9 heteroatoms. The smallest absolute Gasteiger partial charge is 0.263 e. The van der Waals surface area contributed by atoms with Crippen molar-refractivity contribution in [3.63, 3.8) is 0 Å². The zero-order valence-electron chi connectivity index (χ0n) is 12.6. The van der Waals surface area contributed by atoms with Gasteiger partial charge in [0.25, 0.3) is 0 Å². The van der Waals surface area contributed by atoms with Gasteiger partial charge in [-0.1, -0.05) is 18.2 Å². The molecule has 5 nitrogen and oxygen atoms in total. The van der Waals surface area contributed by atoms with Crippen LogP contribution in [0.5, 0.6) is 0 Å². The molecule has 1 atom stereocenters. The lowest BCUT2D eigenvalue weighted by atomic mass is 9.94. The summed E-state index contributed by atoms with van der Waals surface area (Å²) in [6, 6.07) is 7.24. The number of halogens is 3. The number of aromatic nitrogens is 2. The molecule has 0 saturated carbocycles. The second-order valence-electron chi connectivity index (χ2n) is 5.73. The Morgan fingerprint density at radius 1 is 1.25 bits per heavy atom. The molecule has 130 valence electrons. The first kappa shape index (κ1) is 17.0. The summed E-state index contributed by atoms with van der Waals surface area (Å²) in [6.45, 7) is -1.18. The fourth-order valence-corrected chi connectivity index (χ4v) is 4.09. The van der Waals surface area contributed by atoms with Gasteiger partial charge < -0.3 is 0 Å². The summed E-state index contributed by atoms with van der Waals surface area (Å²) < 4.78 is 65.8. The van der Waals surface area contributed by atoms with Gasteiger partial charge in [0.15, 0.2) is 0 Å². The van der Waals surface area contributed by atoms with Gasteiger partial charge in [-0.05, 0) is 37.0 Å². The Morgan fingerprint density at radius 3 is 2.62 bits per heavy atom. The highest BCUT2D eigenvalue weighted by Crippen LogP contribution is 2.30. The molecular weight excluding hydrogens is 343 g/mol. The zero-order valence-corrected chi connectivity index (χ0v) is 13.4. The van der Waals surface area contributed by atoms with Crippen LogP contribution >= 0.6 is 0 Å². The van der Waals surface area contributed by atoms with Crippen LogP contribution < -0.4 is 4.72 Å². The number of fused-ring (bicyclic) bond motifs is 1. The third-order valence-electron chi connectivity index (χ3n) is 3.83. The SMILES string of the molecule is O=S(=O)(NC1CCCc2cn(CC(F)(F)F)nc21)c1ccccc1. The van der Waals surface area contributed by atoms with E-state index in [-0.39, 0.29) is 4.90 Å². The second kappa shape index (κ2) is 6.21. The number of hydrogen-bond acceptors (Lipinski definition) is 3. The molecule has 1 aromatic heterocycles. The molecule has 0 radical (unpaired) electrons. The van der Waals surface area contributed by atoms with E-state index in [0.29, 0.717) is 30.5 Å². The van der Waals surface area contributed by atoms with Gasteiger partial charge in [-0.2, -0.15) is 18.3 Å². The minimum absolute atomic E-state index is 0.117. The van der Waals surface area contributed by atoms with Crippen LogP contribution in [0.15, 0.2) is 41.4 Å². The van der Waals surface area contributed by atoms with Crippen LogP contribution in [-0.4, -0.2) is 24.4 Å². The molecule has 1 N–H and O–H groups in total. The average Bonchev–Trinajstić information content (AvgIpc) is 2.89. The molecule has 0 fully saturated rings. The molecule has 1 aliphatic rings. The van der Waals surface area contributed by atoms with Crippen molar-refractivity contribution in [2.75, 3.05) is 0 Å². The van der Waals surface area contributed by atoms with Crippen LogP contribution in [0, 0.1) is 0 Å². The standard InChI is InChI=1S/C15H16F3N3O2S/c16-15(17,18)10-21-9-11-5-4-8-13(14(11)19-21)20-24(22,23)12-6-2-1-3-7-12/h1-3,6-7,9,13,20H,4-5,8,10H2. The highest BCUT2D eigenvalue weighted by Gasteiger charge is 2.32. The Labute approximate surface area is 137 Å². The van der Waals surface area contributed by atoms with Gasteiger partial charge in [-0.25, -0.2) is 13.1 Å². The number of aryl methyl sites for hydroxylation is 1. The average molecular weight is 359 g/mol. The van der Waals surface area contributed by atoms with E-state index in [1.807, 2.05) is 0 Å². The summed E-state index contributed by atoms with van der Waals surface area (Å²) in [5, 5.41) is 3.97. The van der Waals surface area contributed by atoms with Crippen LogP contribution in [0.1, 0.15) is 30.1 Å². The minimum Gasteiger partial charge on any atom is -0.263 e. The Hall–Kier alpha value is -1.87. The van der Waals surface area contributed by atoms with E-state index in [9.17, 15) is 21.6 Å². The van der Waals surface area contributed by atoms with Gasteiger partial charge in [0.1, 0.15) is 6.54 Å². The monoisotopic (exact) mass is 359 g/mol. The first-order valence-electron chi connectivity index (χ1n) is 7.45. The van der Waals surface area contributed by atoms with Gasteiger partial charge in [-0.3, -0.25) is 4.68 Å². The lowest BCUT2D eigenvalue weighted by Crippen LogP contribution is -2.31. The van der Waals surface area contributed by atoms with Crippen molar-refractivity contribution in [2.45, 2.75) is 42.9 Å². The van der Waals surface area contributed by atoms with Crippen molar-refractivity contribution in [3.05, 3.63) is 47.8 Å². The predicted octanol–water partition coefficient (Wildman–Crippen LogP) is 2.80. The topological polar surface area (TPSA) is 64.0 Å². The molecule has 0 amide bonds. The molecule has 0 saturated heterocycles. The molecule has 0 bridgehead atoms. The lowest BCUT2D eigenvalue weighted by molar-refractivity contribution is -0.142. The summed E-state index contributed by atoms with van der Waals surface area (Å²) in [7, 11) is -3.75. The fourth-order valence-electron chi connectivity index (χ4n) is 2.83. The van der Waals surface area contributed by atoms with Crippen LogP contribution in [0.2, 0.25) is 0 Å². The molecule has 3 rings (SSSR count). The Kier molecular flexibility index (Phi) is 4.39. The molecule has 0 spiro atoms. The first-order chi connectivity index (χ1) is 11.2. The molecule has 1 heterocycles. The van der Waals surface area contributed by atoms with E-state index in [1.165, 1.54) is 18.3 Å².